The van der Waals surface area contributed by atoms with Crippen LogP contribution in [0.1, 0.15) is 16.1 Å². The SMILES string of the molecule is Cn1nccc1C(=O)NC(=S)Nc1cc(C(F)(F)F)ccc1Cl. The van der Waals surface area contributed by atoms with Crippen molar-refractivity contribution >= 4 is 40.5 Å². The molecule has 10 heteroatoms. The summed E-state index contributed by atoms with van der Waals surface area (Å²) in [5.41, 5.74) is -0.703. The van der Waals surface area contributed by atoms with E-state index in [1.54, 1.807) is 7.05 Å². The van der Waals surface area contributed by atoms with Crippen LogP contribution in [0.25, 0.3) is 0 Å². The molecule has 0 spiro atoms. The van der Waals surface area contributed by atoms with Crippen LogP contribution in [0.15, 0.2) is 30.5 Å². The van der Waals surface area contributed by atoms with Crippen molar-refractivity contribution in [1.29, 1.82) is 0 Å². The van der Waals surface area contributed by atoms with Gasteiger partial charge in [-0.05, 0) is 36.5 Å². The van der Waals surface area contributed by atoms with Crippen LogP contribution in [0, 0.1) is 0 Å². The molecule has 2 aromatic rings. The predicted octanol–water partition coefficient (Wildman–Crippen LogP) is 3.22. The first-order valence-corrected chi connectivity index (χ1v) is 6.94. The minimum absolute atomic E-state index is 0.0372. The van der Waals surface area contributed by atoms with Gasteiger partial charge in [-0.1, -0.05) is 11.6 Å². The topological polar surface area (TPSA) is 59.0 Å². The molecule has 5 nitrogen and oxygen atoms in total. The Labute approximate surface area is 139 Å². The highest BCUT2D eigenvalue weighted by Crippen LogP contribution is 2.33. The number of nitrogens with one attached hydrogen (secondary N) is 2. The molecule has 122 valence electrons. The van der Waals surface area contributed by atoms with Crippen LogP contribution in [-0.4, -0.2) is 20.8 Å². The molecule has 2 N–H and O–H groups in total. The highest BCUT2D eigenvalue weighted by molar-refractivity contribution is 7.80. The molecule has 0 unspecified atom stereocenters. The molecule has 1 aromatic carbocycles. The number of benzene rings is 1. The van der Waals surface area contributed by atoms with Crippen LogP contribution in [0.2, 0.25) is 5.02 Å². The summed E-state index contributed by atoms with van der Waals surface area (Å²) in [6.45, 7) is 0. The zero-order valence-corrected chi connectivity index (χ0v) is 13.2. The molecule has 0 aliphatic rings. The molecule has 0 radical (unpaired) electrons. The van der Waals surface area contributed by atoms with E-state index in [1.165, 1.54) is 16.9 Å². The minimum atomic E-state index is -4.51. The van der Waals surface area contributed by atoms with Crippen LogP contribution in [0.3, 0.4) is 0 Å². The van der Waals surface area contributed by atoms with Crippen molar-refractivity contribution in [3.8, 4) is 0 Å². The van der Waals surface area contributed by atoms with Gasteiger partial charge in [0.2, 0.25) is 0 Å². The summed E-state index contributed by atoms with van der Waals surface area (Å²) in [5.74, 6) is -0.550. The van der Waals surface area contributed by atoms with Gasteiger partial charge >= 0.3 is 6.18 Å². The summed E-state index contributed by atoms with van der Waals surface area (Å²) in [7, 11) is 1.56. The Morgan fingerprint density at radius 1 is 1.35 bits per heavy atom. The molecule has 1 heterocycles. The minimum Gasteiger partial charge on any atom is -0.331 e. The normalized spacial score (nSPS) is 11.2. The molecule has 0 aliphatic carbocycles. The van der Waals surface area contributed by atoms with E-state index >= 15 is 0 Å². The van der Waals surface area contributed by atoms with Gasteiger partial charge in [-0.25, -0.2) is 0 Å². The number of carbonyl (C=O) groups is 1. The van der Waals surface area contributed by atoms with Gasteiger partial charge in [0.05, 0.1) is 16.3 Å². The van der Waals surface area contributed by atoms with Crippen molar-refractivity contribution in [1.82, 2.24) is 15.1 Å². The second kappa shape index (κ2) is 6.55. The van der Waals surface area contributed by atoms with Gasteiger partial charge < -0.3 is 5.32 Å². The number of alkyl halides is 3. The van der Waals surface area contributed by atoms with Crippen LogP contribution >= 0.6 is 23.8 Å². The monoisotopic (exact) mass is 362 g/mol. The molecule has 0 atom stereocenters. The lowest BCUT2D eigenvalue weighted by atomic mass is 10.2. The highest BCUT2D eigenvalue weighted by atomic mass is 35.5. The lowest BCUT2D eigenvalue weighted by Gasteiger charge is -2.13. The zero-order valence-electron chi connectivity index (χ0n) is 11.6. The average molecular weight is 363 g/mol. The molecule has 0 fully saturated rings. The van der Waals surface area contributed by atoms with Crippen molar-refractivity contribution in [3.63, 3.8) is 0 Å². The van der Waals surface area contributed by atoms with E-state index in [1.807, 2.05) is 0 Å². The van der Waals surface area contributed by atoms with E-state index in [0.717, 1.165) is 18.2 Å². The van der Waals surface area contributed by atoms with E-state index < -0.39 is 17.6 Å². The largest absolute Gasteiger partial charge is 0.416 e. The molecule has 2 rings (SSSR count). The fraction of sp³-hybridized carbons (Fsp3) is 0.154. The molecule has 1 amide bonds. The number of nitrogens with zero attached hydrogens (tertiary/aromatic N) is 2. The van der Waals surface area contributed by atoms with Gasteiger partial charge in [-0.2, -0.15) is 18.3 Å². The Bertz CT molecular complexity index is 760. The average Bonchev–Trinajstić information content (AvgIpc) is 2.86. The van der Waals surface area contributed by atoms with Crippen LogP contribution in [-0.2, 0) is 13.2 Å². The molecular formula is C13H10ClF3N4OS. The number of anilines is 1. The van der Waals surface area contributed by atoms with Crippen LogP contribution < -0.4 is 10.6 Å². The third-order valence-corrected chi connectivity index (χ3v) is 3.36. The van der Waals surface area contributed by atoms with Gasteiger partial charge in [0, 0.05) is 13.2 Å². The maximum atomic E-state index is 12.7. The Hall–Kier alpha value is -2.13. The van der Waals surface area contributed by atoms with Crippen molar-refractivity contribution < 1.29 is 18.0 Å². The number of thiocarbonyl (C=S) groups is 1. The predicted molar refractivity (Wildman–Crippen MR) is 83.3 cm³/mol. The van der Waals surface area contributed by atoms with Crippen molar-refractivity contribution in [2.45, 2.75) is 6.18 Å². The number of amides is 1. The quantitative estimate of drug-likeness (QED) is 0.805. The number of hydrogen-bond acceptors (Lipinski definition) is 3. The first-order valence-electron chi connectivity index (χ1n) is 6.15. The van der Waals surface area contributed by atoms with Crippen LogP contribution in [0.4, 0.5) is 18.9 Å². The molecule has 0 aliphatic heterocycles. The molecule has 23 heavy (non-hydrogen) atoms. The number of hydrogen-bond donors (Lipinski definition) is 2. The second-order valence-corrected chi connectivity index (χ2v) is 5.26. The molecule has 0 saturated carbocycles. The number of aromatic nitrogens is 2. The maximum absolute atomic E-state index is 12.7. The van der Waals surface area contributed by atoms with Crippen molar-refractivity contribution in [2.24, 2.45) is 7.05 Å². The lowest BCUT2D eigenvalue weighted by molar-refractivity contribution is -0.137. The number of halogens is 4. The van der Waals surface area contributed by atoms with Gasteiger partial charge in [-0.3, -0.25) is 14.8 Å². The molecule has 0 saturated heterocycles. The second-order valence-electron chi connectivity index (χ2n) is 4.44. The maximum Gasteiger partial charge on any atom is 0.416 e. The van der Waals surface area contributed by atoms with Crippen LogP contribution in [0.5, 0.6) is 0 Å². The van der Waals surface area contributed by atoms with E-state index in [4.69, 9.17) is 23.8 Å². The fourth-order valence-electron chi connectivity index (χ4n) is 1.71. The first-order chi connectivity index (χ1) is 10.7. The Morgan fingerprint density at radius 3 is 2.61 bits per heavy atom. The summed E-state index contributed by atoms with van der Waals surface area (Å²) in [6, 6.07) is 4.23. The summed E-state index contributed by atoms with van der Waals surface area (Å²) >= 11 is 10.7. The fourth-order valence-corrected chi connectivity index (χ4v) is 2.08. The number of carbonyl (C=O) groups excluding carboxylic acids is 1. The molecule has 0 bridgehead atoms. The van der Waals surface area contributed by atoms with E-state index in [2.05, 4.69) is 15.7 Å². The summed E-state index contributed by atoms with van der Waals surface area (Å²) in [5, 5.41) is 8.49. The van der Waals surface area contributed by atoms with Crippen molar-refractivity contribution in [3.05, 3.63) is 46.7 Å². The smallest absolute Gasteiger partial charge is 0.331 e. The lowest BCUT2D eigenvalue weighted by Crippen LogP contribution is -2.35. The van der Waals surface area contributed by atoms with Gasteiger partial charge in [0.25, 0.3) is 5.91 Å². The third-order valence-electron chi connectivity index (χ3n) is 2.82. The zero-order chi connectivity index (χ0) is 17.2. The standard InChI is InChI=1S/C13H10ClF3N4OS/c1-21-10(4-5-18-21)11(22)20-12(23)19-9-6-7(13(15,16)17)2-3-8(9)14/h2-6H,1H3,(H2,19,20,22,23). The Kier molecular flexibility index (Phi) is 4.90. The van der Waals surface area contributed by atoms with E-state index in [9.17, 15) is 18.0 Å². The molecular weight excluding hydrogens is 353 g/mol. The van der Waals surface area contributed by atoms with E-state index in [-0.39, 0.29) is 21.5 Å². The first kappa shape index (κ1) is 17.2. The Morgan fingerprint density at radius 2 is 2.04 bits per heavy atom. The van der Waals surface area contributed by atoms with Gasteiger partial charge in [0.1, 0.15) is 5.69 Å². The van der Waals surface area contributed by atoms with Gasteiger partial charge in [0.15, 0.2) is 5.11 Å². The Balaban J connectivity index is 2.11. The summed E-state index contributed by atoms with van der Waals surface area (Å²) in [4.78, 5) is 11.9. The third kappa shape index (κ3) is 4.20. The van der Waals surface area contributed by atoms with E-state index in [0.29, 0.717) is 0 Å². The summed E-state index contributed by atoms with van der Waals surface area (Å²) < 4.78 is 39.4. The number of rotatable bonds is 2. The van der Waals surface area contributed by atoms with Gasteiger partial charge in [-0.15, -0.1) is 0 Å². The highest BCUT2D eigenvalue weighted by Gasteiger charge is 2.31. The summed E-state index contributed by atoms with van der Waals surface area (Å²) in [6.07, 6.45) is -3.09. The molecule has 1 aromatic heterocycles. The van der Waals surface area contributed by atoms with Crippen molar-refractivity contribution in [2.75, 3.05) is 5.32 Å². The number of aryl methyl sites for hydroxylation is 1.